The lowest BCUT2D eigenvalue weighted by atomic mass is 9.96. The van der Waals surface area contributed by atoms with E-state index in [0.29, 0.717) is 5.92 Å². The molecule has 1 aliphatic carbocycles. The van der Waals surface area contributed by atoms with Crippen molar-refractivity contribution in [1.82, 2.24) is 19.4 Å². The van der Waals surface area contributed by atoms with Crippen molar-refractivity contribution in [3.05, 3.63) is 43.5 Å². The topological polar surface area (TPSA) is 51.0 Å². The lowest BCUT2D eigenvalue weighted by molar-refractivity contribution is 0.166. The molecule has 26 heavy (non-hydrogen) atoms. The zero-order valence-corrected chi connectivity index (χ0v) is 16.6. The van der Waals surface area contributed by atoms with Gasteiger partial charge in [-0.3, -0.25) is 14.3 Å². The first-order valence-corrected chi connectivity index (χ1v) is 10.6. The number of likely N-dealkylation sites (tertiary alicyclic amines) is 1. The van der Waals surface area contributed by atoms with Crippen LogP contribution in [0.2, 0.25) is 0 Å². The Morgan fingerprint density at radius 3 is 2.73 bits per heavy atom. The quantitative estimate of drug-likeness (QED) is 0.827. The van der Waals surface area contributed by atoms with Crippen LogP contribution in [0.5, 0.6) is 0 Å². The fraction of sp³-hybridized carbons (Fsp3) is 0.650. The van der Waals surface area contributed by atoms with Crippen LogP contribution in [-0.2, 0) is 25.9 Å². The molecule has 2 aromatic rings. The van der Waals surface area contributed by atoms with Gasteiger partial charge in [0.1, 0.15) is 5.01 Å². The highest BCUT2D eigenvalue weighted by Gasteiger charge is 2.22. The number of fused-ring (bicyclic) bond motifs is 1. The van der Waals surface area contributed by atoms with Crippen LogP contribution >= 0.6 is 11.3 Å². The Kier molecular flexibility index (Phi) is 5.23. The summed E-state index contributed by atoms with van der Waals surface area (Å²) in [5.41, 5.74) is 3.10. The van der Waals surface area contributed by atoms with E-state index in [1.807, 2.05) is 25.2 Å². The monoisotopic (exact) mass is 372 g/mol. The number of nitrogens with zero attached hydrogens (tertiary/aromatic N) is 4. The third kappa shape index (κ3) is 3.76. The van der Waals surface area contributed by atoms with E-state index < -0.39 is 0 Å². The van der Waals surface area contributed by atoms with Gasteiger partial charge in [-0.25, -0.2) is 9.97 Å². The van der Waals surface area contributed by atoms with E-state index in [2.05, 4.69) is 9.88 Å². The number of rotatable bonds is 4. The second-order valence-electron chi connectivity index (χ2n) is 7.82. The zero-order chi connectivity index (χ0) is 18.1. The van der Waals surface area contributed by atoms with Gasteiger partial charge in [0, 0.05) is 22.7 Å². The van der Waals surface area contributed by atoms with Crippen molar-refractivity contribution >= 4 is 11.3 Å². The van der Waals surface area contributed by atoms with Gasteiger partial charge in [0.15, 0.2) is 0 Å². The van der Waals surface area contributed by atoms with Crippen molar-refractivity contribution in [3.63, 3.8) is 0 Å². The van der Waals surface area contributed by atoms with E-state index in [4.69, 9.17) is 4.98 Å². The van der Waals surface area contributed by atoms with Crippen LogP contribution in [0.4, 0.5) is 0 Å². The van der Waals surface area contributed by atoms with Crippen molar-refractivity contribution in [1.29, 1.82) is 0 Å². The largest absolute Gasteiger partial charge is 0.299 e. The predicted octanol–water partition coefficient (Wildman–Crippen LogP) is 3.11. The van der Waals surface area contributed by atoms with Crippen molar-refractivity contribution in [2.24, 2.45) is 5.92 Å². The zero-order valence-electron chi connectivity index (χ0n) is 15.8. The summed E-state index contributed by atoms with van der Waals surface area (Å²) in [5.74, 6) is 0.567. The Morgan fingerprint density at radius 2 is 1.96 bits per heavy atom. The first-order chi connectivity index (χ1) is 12.6. The first kappa shape index (κ1) is 17.9. The van der Waals surface area contributed by atoms with Gasteiger partial charge in [-0.2, -0.15) is 0 Å². The molecule has 2 aromatic heterocycles. The van der Waals surface area contributed by atoms with E-state index in [1.165, 1.54) is 41.3 Å². The van der Waals surface area contributed by atoms with Gasteiger partial charge in [-0.15, -0.1) is 11.3 Å². The first-order valence-electron chi connectivity index (χ1n) is 9.82. The van der Waals surface area contributed by atoms with Gasteiger partial charge in [0.05, 0.1) is 18.6 Å². The molecule has 0 spiro atoms. The van der Waals surface area contributed by atoms with Crippen LogP contribution in [0.1, 0.15) is 52.5 Å². The average Bonchev–Trinajstić information content (AvgIpc) is 3.06. The number of piperidine rings is 1. The summed E-state index contributed by atoms with van der Waals surface area (Å²) in [5, 5.41) is 1.30. The fourth-order valence-corrected chi connectivity index (χ4v) is 5.27. The Morgan fingerprint density at radius 1 is 1.19 bits per heavy atom. The molecule has 140 valence electrons. The lowest BCUT2D eigenvalue weighted by Crippen LogP contribution is -2.36. The molecule has 2 aliphatic rings. The minimum absolute atomic E-state index is 0.119. The molecule has 0 amide bonds. The van der Waals surface area contributed by atoms with Crippen LogP contribution < -0.4 is 5.56 Å². The highest BCUT2D eigenvalue weighted by atomic mass is 32.1. The summed E-state index contributed by atoms with van der Waals surface area (Å²) >= 11 is 1.93. The summed E-state index contributed by atoms with van der Waals surface area (Å²) in [6.07, 6.45) is 9.04. The summed E-state index contributed by atoms with van der Waals surface area (Å²) in [4.78, 5) is 25.7. The predicted molar refractivity (Wildman–Crippen MR) is 105 cm³/mol. The van der Waals surface area contributed by atoms with Crippen molar-refractivity contribution in [3.8, 4) is 0 Å². The summed E-state index contributed by atoms with van der Waals surface area (Å²) in [6, 6.07) is 0. The van der Waals surface area contributed by atoms with E-state index in [0.717, 1.165) is 50.3 Å². The molecule has 0 aromatic carbocycles. The Bertz CT molecular complexity index is 809. The Hall–Kier alpha value is -1.53. The second-order valence-corrected chi connectivity index (χ2v) is 8.98. The highest BCUT2D eigenvalue weighted by Crippen LogP contribution is 2.28. The minimum Gasteiger partial charge on any atom is -0.299 e. The molecule has 5 nitrogen and oxygen atoms in total. The summed E-state index contributed by atoms with van der Waals surface area (Å²) in [6.45, 7) is 7.76. The van der Waals surface area contributed by atoms with E-state index in [9.17, 15) is 4.79 Å². The molecule has 0 N–H and O–H groups in total. The van der Waals surface area contributed by atoms with E-state index in [-0.39, 0.29) is 5.56 Å². The van der Waals surface area contributed by atoms with Gasteiger partial charge in [0.2, 0.25) is 0 Å². The van der Waals surface area contributed by atoms with Crippen LogP contribution in [-0.4, -0.2) is 32.5 Å². The van der Waals surface area contributed by atoms with Crippen molar-refractivity contribution in [2.45, 2.75) is 65.5 Å². The molecule has 3 heterocycles. The average molecular weight is 373 g/mol. The standard InChI is InChI=1S/C20H28N4OS/c1-14-15(2)21-13-24(20(14)25)11-16-7-9-23(10-8-16)12-19-22-17-5-3-4-6-18(17)26-19/h13,16H,3-12H2,1-2H3. The van der Waals surface area contributed by atoms with Crippen LogP contribution in [0.25, 0.3) is 0 Å². The molecule has 1 saturated heterocycles. The van der Waals surface area contributed by atoms with Crippen molar-refractivity contribution < 1.29 is 0 Å². The smallest absolute Gasteiger partial charge is 0.256 e. The SMILES string of the molecule is Cc1ncn(CC2CCN(Cc3nc4c(s3)CCCC4)CC2)c(=O)c1C. The van der Waals surface area contributed by atoms with Crippen LogP contribution in [0, 0.1) is 19.8 Å². The molecule has 0 unspecified atom stereocenters. The molecule has 0 bridgehead atoms. The fourth-order valence-electron chi connectivity index (χ4n) is 4.08. The third-order valence-corrected chi connectivity index (χ3v) is 7.07. The maximum absolute atomic E-state index is 12.4. The third-order valence-electron chi connectivity index (χ3n) is 5.93. The molecule has 0 saturated carbocycles. The highest BCUT2D eigenvalue weighted by molar-refractivity contribution is 7.11. The van der Waals surface area contributed by atoms with Crippen LogP contribution in [0.15, 0.2) is 11.1 Å². The van der Waals surface area contributed by atoms with E-state index in [1.54, 1.807) is 10.9 Å². The number of hydrogen-bond donors (Lipinski definition) is 0. The number of thiazole rings is 1. The van der Waals surface area contributed by atoms with Crippen molar-refractivity contribution in [2.75, 3.05) is 13.1 Å². The molecule has 6 heteroatoms. The lowest BCUT2D eigenvalue weighted by Gasteiger charge is -2.31. The molecule has 1 aliphatic heterocycles. The van der Waals surface area contributed by atoms with Gasteiger partial charge < -0.3 is 0 Å². The van der Waals surface area contributed by atoms with Gasteiger partial charge >= 0.3 is 0 Å². The van der Waals surface area contributed by atoms with Crippen LogP contribution in [0.3, 0.4) is 0 Å². The normalized spacial score (nSPS) is 18.8. The maximum atomic E-state index is 12.4. The minimum atomic E-state index is 0.119. The Labute approximate surface area is 159 Å². The number of aromatic nitrogens is 3. The molecular weight excluding hydrogens is 344 g/mol. The molecule has 1 fully saturated rings. The number of hydrogen-bond acceptors (Lipinski definition) is 5. The van der Waals surface area contributed by atoms with Gasteiger partial charge in [0.25, 0.3) is 5.56 Å². The van der Waals surface area contributed by atoms with Gasteiger partial charge in [-0.05, 0) is 71.4 Å². The molecule has 0 atom stereocenters. The number of aryl methyl sites for hydroxylation is 3. The molecular formula is C20H28N4OS. The molecule has 4 rings (SSSR count). The maximum Gasteiger partial charge on any atom is 0.256 e. The Balaban J connectivity index is 1.32. The van der Waals surface area contributed by atoms with Gasteiger partial charge in [-0.1, -0.05) is 0 Å². The molecule has 0 radical (unpaired) electrons. The van der Waals surface area contributed by atoms with E-state index >= 15 is 0 Å². The summed E-state index contributed by atoms with van der Waals surface area (Å²) < 4.78 is 1.80. The second kappa shape index (κ2) is 7.61. The summed E-state index contributed by atoms with van der Waals surface area (Å²) in [7, 11) is 0.